The topological polar surface area (TPSA) is 134 Å². The van der Waals surface area contributed by atoms with Crippen molar-refractivity contribution in [3.05, 3.63) is 83.2 Å². The van der Waals surface area contributed by atoms with Crippen molar-refractivity contribution in [1.29, 1.82) is 0 Å². The molecule has 3 aromatic rings. The Bertz CT molecular complexity index is 1200. The molecule has 10 heteroatoms. The summed E-state index contributed by atoms with van der Waals surface area (Å²) in [5.74, 6) is -2.13. The summed E-state index contributed by atoms with van der Waals surface area (Å²) < 4.78 is 1.21. The summed E-state index contributed by atoms with van der Waals surface area (Å²) >= 11 is 0. The van der Waals surface area contributed by atoms with Crippen LogP contribution in [-0.2, 0) is 11.3 Å². The quantitative estimate of drug-likeness (QED) is 0.518. The highest BCUT2D eigenvalue weighted by molar-refractivity contribution is 5.97. The van der Waals surface area contributed by atoms with Gasteiger partial charge in [-0.2, -0.15) is 5.10 Å². The first-order chi connectivity index (χ1) is 15.9. The summed E-state index contributed by atoms with van der Waals surface area (Å²) in [5.41, 5.74) is 1.58. The van der Waals surface area contributed by atoms with Crippen LogP contribution >= 0.6 is 0 Å². The van der Waals surface area contributed by atoms with Gasteiger partial charge in [-0.3, -0.25) is 14.4 Å². The van der Waals surface area contributed by atoms with Crippen LogP contribution in [0.5, 0.6) is 0 Å². The molecule has 0 atom stereocenters. The van der Waals surface area contributed by atoms with E-state index in [-0.39, 0.29) is 36.3 Å². The van der Waals surface area contributed by atoms with E-state index in [0.717, 1.165) is 5.56 Å². The zero-order valence-electron chi connectivity index (χ0n) is 17.5. The molecule has 0 bridgehead atoms. The Morgan fingerprint density at radius 1 is 1.06 bits per heavy atom. The molecule has 2 heterocycles. The zero-order valence-corrected chi connectivity index (χ0v) is 17.5. The molecular formula is C23H21N5O5. The van der Waals surface area contributed by atoms with Gasteiger partial charge in [0.2, 0.25) is 5.91 Å². The Balaban J connectivity index is 1.41. The van der Waals surface area contributed by atoms with Crippen molar-refractivity contribution in [2.75, 3.05) is 19.6 Å². The first kappa shape index (κ1) is 21.8. The van der Waals surface area contributed by atoms with Crippen LogP contribution in [0.4, 0.5) is 0 Å². The maximum absolute atomic E-state index is 12.6. The third-order valence-electron chi connectivity index (χ3n) is 5.14. The van der Waals surface area contributed by atoms with Crippen molar-refractivity contribution < 1.29 is 24.3 Å². The van der Waals surface area contributed by atoms with Gasteiger partial charge in [-0.25, -0.2) is 9.48 Å². The molecule has 2 aromatic carbocycles. The number of rotatable bonds is 6. The molecular weight excluding hydrogens is 426 g/mol. The summed E-state index contributed by atoms with van der Waals surface area (Å²) in [4.78, 5) is 49.7. The minimum atomic E-state index is -1.20. The smallest absolute Gasteiger partial charge is 0.354 e. The van der Waals surface area contributed by atoms with Gasteiger partial charge in [-0.15, -0.1) is 0 Å². The Labute approximate surface area is 188 Å². The van der Waals surface area contributed by atoms with Gasteiger partial charge in [-0.05, 0) is 29.8 Å². The molecule has 33 heavy (non-hydrogen) atoms. The zero-order chi connectivity index (χ0) is 23.4. The number of benzene rings is 2. The lowest BCUT2D eigenvalue weighted by Gasteiger charge is -2.26. The molecule has 4 rings (SSSR count). The van der Waals surface area contributed by atoms with Crippen LogP contribution in [0.2, 0.25) is 0 Å². The van der Waals surface area contributed by atoms with E-state index >= 15 is 0 Å². The predicted octanol–water partition coefficient (Wildman–Crippen LogP) is 1.07. The standard InChI is InChI=1S/C23H21N5O5/c29-20-14-27(11-10-24-20)22(31)16-8-6-15(7-9-16)13-25-21(30)18-12-19(23(32)33)28(26-18)17-4-2-1-3-5-17/h1-9,12H,10-11,13-14H2,(H,24,29)(H,25,30)(H,32,33). The number of amides is 3. The second-order valence-electron chi connectivity index (χ2n) is 7.42. The minimum absolute atomic E-state index is 0.0218. The van der Waals surface area contributed by atoms with E-state index in [9.17, 15) is 24.3 Å². The summed E-state index contributed by atoms with van der Waals surface area (Å²) in [6.45, 7) is 1.08. The number of nitrogens with zero attached hydrogens (tertiary/aromatic N) is 3. The number of aromatic carboxylic acids is 1. The van der Waals surface area contributed by atoms with E-state index < -0.39 is 11.9 Å². The highest BCUT2D eigenvalue weighted by Crippen LogP contribution is 2.14. The number of aromatic nitrogens is 2. The molecule has 0 saturated carbocycles. The van der Waals surface area contributed by atoms with Gasteiger partial charge in [0.15, 0.2) is 11.4 Å². The van der Waals surface area contributed by atoms with Crippen LogP contribution in [0.3, 0.4) is 0 Å². The Morgan fingerprint density at radius 3 is 2.45 bits per heavy atom. The van der Waals surface area contributed by atoms with Gasteiger partial charge < -0.3 is 20.6 Å². The third-order valence-corrected chi connectivity index (χ3v) is 5.14. The normalized spacial score (nSPS) is 13.3. The molecule has 1 saturated heterocycles. The number of hydrogen-bond donors (Lipinski definition) is 3. The van der Waals surface area contributed by atoms with Crippen LogP contribution in [-0.4, -0.2) is 63.1 Å². The molecule has 1 fully saturated rings. The number of nitrogens with one attached hydrogen (secondary N) is 2. The fourth-order valence-electron chi connectivity index (χ4n) is 3.44. The van der Waals surface area contributed by atoms with E-state index in [1.54, 1.807) is 54.6 Å². The van der Waals surface area contributed by atoms with Crippen molar-refractivity contribution in [2.45, 2.75) is 6.54 Å². The molecule has 0 aliphatic carbocycles. The average Bonchev–Trinajstić information content (AvgIpc) is 3.29. The Morgan fingerprint density at radius 2 is 1.79 bits per heavy atom. The molecule has 1 aliphatic heterocycles. The van der Waals surface area contributed by atoms with Crippen molar-refractivity contribution in [1.82, 2.24) is 25.3 Å². The van der Waals surface area contributed by atoms with Crippen LogP contribution in [0.25, 0.3) is 5.69 Å². The van der Waals surface area contributed by atoms with E-state index in [1.165, 1.54) is 15.6 Å². The summed E-state index contributed by atoms with van der Waals surface area (Å²) in [6.07, 6.45) is 0. The van der Waals surface area contributed by atoms with Gasteiger partial charge in [0.1, 0.15) is 0 Å². The first-order valence-electron chi connectivity index (χ1n) is 10.2. The Kier molecular flexibility index (Phi) is 6.16. The Hall–Kier alpha value is -4.47. The maximum atomic E-state index is 12.6. The molecule has 0 spiro atoms. The van der Waals surface area contributed by atoms with Gasteiger partial charge in [0.05, 0.1) is 12.2 Å². The predicted molar refractivity (Wildman–Crippen MR) is 117 cm³/mol. The third kappa shape index (κ3) is 4.90. The molecule has 1 aliphatic rings. The number of carboxylic acids is 1. The van der Waals surface area contributed by atoms with Gasteiger partial charge in [0.25, 0.3) is 11.8 Å². The van der Waals surface area contributed by atoms with Crippen LogP contribution in [0.1, 0.15) is 36.9 Å². The lowest BCUT2D eigenvalue weighted by Crippen LogP contribution is -2.49. The van der Waals surface area contributed by atoms with Gasteiger partial charge >= 0.3 is 5.97 Å². The van der Waals surface area contributed by atoms with Gasteiger partial charge in [-0.1, -0.05) is 30.3 Å². The summed E-state index contributed by atoms with van der Waals surface area (Å²) in [6, 6.07) is 16.6. The monoisotopic (exact) mass is 447 g/mol. The number of carbonyl (C=O) groups excluding carboxylic acids is 3. The lowest BCUT2D eigenvalue weighted by atomic mass is 10.1. The molecule has 168 valence electrons. The number of carbonyl (C=O) groups is 4. The number of carboxylic acid groups (broad SMARTS) is 1. The second-order valence-corrected chi connectivity index (χ2v) is 7.42. The fraction of sp³-hybridized carbons (Fsp3) is 0.174. The summed E-state index contributed by atoms with van der Waals surface area (Å²) in [7, 11) is 0. The number of hydrogen-bond acceptors (Lipinski definition) is 5. The highest BCUT2D eigenvalue weighted by Gasteiger charge is 2.22. The second kappa shape index (κ2) is 9.35. The summed E-state index contributed by atoms with van der Waals surface area (Å²) in [5, 5.41) is 19.0. The highest BCUT2D eigenvalue weighted by atomic mass is 16.4. The molecule has 1 aromatic heterocycles. The minimum Gasteiger partial charge on any atom is -0.477 e. The number of para-hydroxylation sites is 1. The van der Waals surface area contributed by atoms with E-state index in [0.29, 0.717) is 24.3 Å². The van der Waals surface area contributed by atoms with E-state index in [1.807, 2.05) is 0 Å². The molecule has 3 N–H and O–H groups in total. The molecule has 0 radical (unpaired) electrons. The van der Waals surface area contributed by atoms with E-state index in [4.69, 9.17) is 0 Å². The molecule has 3 amide bonds. The van der Waals surface area contributed by atoms with Crippen molar-refractivity contribution in [2.24, 2.45) is 0 Å². The van der Waals surface area contributed by atoms with Crippen LogP contribution in [0.15, 0.2) is 60.7 Å². The molecule has 10 nitrogen and oxygen atoms in total. The van der Waals surface area contributed by atoms with Crippen molar-refractivity contribution in [3.63, 3.8) is 0 Å². The fourth-order valence-corrected chi connectivity index (χ4v) is 3.44. The van der Waals surface area contributed by atoms with Gasteiger partial charge in [0, 0.05) is 31.3 Å². The van der Waals surface area contributed by atoms with Crippen LogP contribution < -0.4 is 10.6 Å². The largest absolute Gasteiger partial charge is 0.477 e. The SMILES string of the molecule is O=C1CN(C(=O)c2ccc(CNC(=O)c3cc(C(=O)O)n(-c4ccccc4)n3)cc2)CCN1. The first-order valence-corrected chi connectivity index (χ1v) is 10.2. The average molecular weight is 447 g/mol. The van der Waals surface area contributed by atoms with Crippen LogP contribution in [0, 0.1) is 0 Å². The van der Waals surface area contributed by atoms with E-state index in [2.05, 4.69) is 15.7 Å². The maximum Gasteiger partial charge on any atom is 0.354 e. The lowest BCUT2D eigenvalue weighted by molar-refractivity contribution is -0.123. The number of piperazine rings is 1. The van der Waals surface area contributed by atoms with Crippen molar-refractivity contribution >= 4 is 23.7 Å². The van der Waals surface area contributed by atoms with Crippen molar-refractivity contribution in [3.8, 4) is 5.69 Å². The molecule has 0 unspecified atom stereocenters.